The molecule has 33 heavy (non-hydrogen) atoms. The minimum Gasteiger partial charge on any atom is -0.368 e. The summed E-state index contributed by atoms with van der Waals surface area (Å²) < 4.78 is 15.1. The summed E-state index contributed by atoms with van der Waals surface area (Å²) in [4.78, 5) is 24.8. The van der Waals surface area contributed by atoms with Crippen LogP contribution >= 0.6 is 11.3 Å². The summed E-state index contributed by atoms with van der Waals surface area (Å²) in [6.07, 6.45) is 4.36. The second-order valence-corrected chi connectivity index (χ2v) is 9.61. The first-order valence-electron chi connectivity index (χ1n) is 10.9. The van der Waals surface area contributed by atoms with E-state index >= 15 is 0 Å². The van der Waals surface area contributed by atoms with Crippen LogP contribution in [0.2, 0.25) is 0 Å². The van der Waals surface area contributed by atoms with Crippen LogP contribution in [0.15, 0.2) is 60.9 Å². The van der Waals surface area contributed by atoms with Gasteiger partial charge in [0.25, 0.3) is 5.91 Å². The van der Waals surface area contributed by atoms with Gasteiger partial charge >= 0.3 is 0 Å². The first-order chi connectivity index (χ1) is 16.0. The van der Waals surface area contributed by atoms with Gasteiger partial charge in [-0.05, 0) is 42.7 Å². The van der Waals surface area contributed by atoms with Gasteiger partial charge in [-0.2, -0.15) is 0 Å². The van der Waals surface area contributed by atoms with Gasteiger partial charge in [0.2, 0.25) is 0 Å². The summed E-state index contributed by atoms with van der Waals surface area (Å²) in [5.41, 5.74) is 9.23. The fourth-order valence-electron chi connectivity index (χ4n) is 4.39. The lowest BCUT2D eigenvalue weighted by atomic mass is 9.96. The molecule has 0 saturated carbocycles. The molecule has 6 nitrogen and oxygen atoms in total. The molecule has 1 aliphatic heterocycles. The second kappa shape index (κ2) is 8.88. The number of hydrogen-bond donors (Lipinski definition) is 2. The van der Waals surface area contributed by atoms with E-state index in [0.29, 0.717) is 28.4 Å². The Morgan fingerprint density at radius 2 is 2.06 bits per heavy atom. The standard InChI is InChI=1S/C25H24FN5OS/c1-15-10-16(27)14-31(13-15)22-8-9-28-12-21(22)30-25(32)19-6-7-23-20(29-19)11-24(33-23)17-4-2-3-5-18(17)26/h2-9,11-12,15-16H,10,13-14,27H2,1H3,(H,30,32)/t15-,16+/m1/s1. The topological polar surface area (TPSA) is 84.1 Å². The molecular weight excluding hydrogens is 437 g/mol. The lowest BCUT2D eigenvalue weighted by Gasteiger charge is -2.37. The lowest BCUT2D eigenvalue weighted by molar-refractivity contribution is 0.102. The van der Waals surface area contributed by atoms with E-state index in [0.717, 1.165) is 34.8 Å². The van der Waals surface area contributed by atoms with E-state index in [4.69, 9.17) is 5.73 Å². The fraction of sp³-hybridized carbons (Fsp3) is 0.240. The van der Waals surface area contributed by atoms with Crippen LogP contribution in [0, 0.1) is 11.7 Å². The highest BCUT2D eigenvalue weighted by Gasteiger charge is 2.24. The molecule has 1 saturated heterocycles. The van der Waals surface area contributed by atoms with E-state index in [1.165, 1.54) is 17.4 Å². The van der Waals surface area contributed by atoms with Crippen LogP contribution in [0.5, 0.6) is 0 Å². The van der Waals surface area contributed by atoms with Crippen LogP contribution in [-0.4, -0.2) is 35.0 Å². The van der Waals surface area contributed by atoms with Crippen LogP contribution in [-0.2, 0) is 0 Å². The Bertz CT molecular complexity index is 1310. The van der Waals surface area contributed by atoms with Crippen molar-refractivity contribution < 1.29 is 9.18 Å². The van der Waals surface area contributed by atoms with Crippen molar-refractivity contribution in [3.63, 3.8) is 0 Å². The average Bonchev–Trinajstić information content (AvgIpc) is 3.22. The van der Waals surface area contributed by atoms with Crippen molar-refractivity contribution in [2.75, 3.05) is 23.3 Å². The van der Waals surface area contributed by atoms with Gasteiger partial charge in [-0.25, -0.2) is 9.37 Å². The highest BCUT2D eigenvalue weighted by molar-refractivity contribution is 7.22. The zero-order valence-corrected chi connectivity index (χ0v) is 19.0. The van der Waals surface area contributed by atoms with E-state index < -0.39 is 0 Å². The van der Waals surface area contributed by atoms with E-state index in [1.54, 1.807) is 36.7 Å². The maximum absolute atomic E-state index is 14.2. The molecule has 1 amide bonds. The average molecular weight is 462 g/mol. The Hall–Kier alpha value is -3.36. The number of rotatable bonds is 4. The van der Waals surface area contributed by atoms with Gasteiger partial charge in [0, 0.05) is 35.8 Å². The maximum Gasteiger partial charge on any atom is 0.274 e. The molecule has 0 aliphatic carbocycles. The van der Waals surface area contributed by atoms with Gasteiger partial charge < -0.3 is 16.0 Å². The molecule has 2 atom stereocenters. The highest BCUT2D eigenvalue weighted by atomic mass is 32.1. The number of thiophene rings is 1. The van der Waals surface area contributed by atoms with Crippen LogP contribution in [0.1, 0.15) is 23.8 Å². The predicted octanol–water partition coefficient (Wildman–Crippen LogP) is 4.92. The molecule has 1 fully saturated rings. The third-order valence-electron chi connectivity index (χ3n) is 5.82. The number of hydrogen-bond acceptors (Lipinski definition) is 6. The van der Waals surface area contributed by atoms with E-state index in [9.17, 15) is 9.18 Å². The van der Waals surface area contributed by atoms with Gasteiger partial charge in [0.15, 0.2) is 0 Å². The number of nitrogens with one attached hydrogen (secondary N) is 1. The maximum atomic E-state index is 14.2. The first-order valence-corrected chi connectivity index (χ1v) is 11.7. The minimum absolute atomic E-state index is 0.0942. The summed E-state index contributed by atoms with van der Waals surface area (Å²) in [6.45, 7) is 3.79. The zero-order chi connectivity index (χ0) is 22.9. The Labute approximate surface area is 195 Å². The summed E-state index contributed by atoms with van der Waals surface area (Å²) in [6, 6.07) is 14.0. The number of piperidine rings is 1. The summed E-state index contributed by atoms with van der Waals surface area (Å²) >= 11 is 1.45. The Balaban J connectivity index is 1.40. The minimum atomic E-state index is -0.320. The Morgan fingerprint density at radius 3 is 2.88 bits per heavy atom. The summed E-state index contributed by atoms with van der Waals surface area (Å²) in [7, 11) is 0. The molecule has 0 spiro atoms. The Morgan fingerprint density at radius 1 is 1.21 bits per heavy atom. The van der Waals surface area contributed by atoms with Crippen LogP contribution in [0.3, 0.4) is 0 Å². The largest absolute Gasteiger partial charge is 0.368 e. The molecule has 5 rings (SSSR count). The molecule has 1 aromatic carbocycles. The number of aromatic nitrogens is 2. The third-order valence-corrected chi connectivity index (χ3v) is 6.95. The third kappa shape index (κ3) is 4.44. The van der Waals surface area contributed by atoms with Crippen LogP contribution < -0.4 is 16.0 Å². The van der Waals surface area contributed by atoms with Gasteiger partial charge in [-0.15, -0.1) is 11.3 Å². The number of carbonyl (C=O) groups is 1. The summed E-state index contributed by atoms with van der Waals surface area (Å²) in [5, 5.41) is 2.96. The molecule has 0 unspecified atom stereocenters. The number of halogens is 1. The van der Waals surface area contributed by atoms with Gasteiger partial charge in [-0.3, -0.25) is 9.78 Å². The van der Waals surface area contributed by atoms with Crippen molar-refractivity contribution in [2.24, 2.45) is 11.7 Å². The molecule has 1 aliphatic rings. The molecule has 4 heterocycles. The molecule has 0 radical (unpaired) electrons. The van der Waals surface area contributed by atoms with Crippen molar-refractivity contribution in [3.05, 3.63) is 72.4 Å². The summed E-state index contributed by atoms with van der Waals surface area (Å²) in [5.74, 6) is -0.131. The zero-order valence-electron chi connectivity index (χ0n) is 18.2. The number of nitrogens with zero attached hydrogens (tertiary/aromatic N) is 3. The first kappa shape index (κ1) is 21.5. The molecule has 168 valence electrons. The smallest absolute Gasteiger partial charge is 0.274 e. The second-order valence-electron chi connectivity index (χ2n) is 8.52. The van der Waals surface area contributed by atoms with Gasteiger partial charge in [0.05, 0.1) is 27.8 Å². The number of carbonyl (C=O) groups excluding carboxylic acids is 1. The molecule has 4 aromatic rings. The number of nitrogens with two attached hydrogens (primary N) is 1. The normalized spacial score (nSPS) is 18.5. The number of benzene rings is 1. The SMILES string of the molecule is C[C@@H]1C[C@H](N)CN(c2ccncc2NC(=O)c2ccc3sc(-c4ccccc4F)cc3n2)C1. The quantitative estimate of drug-likeness (QED) is 0.451. The van der Waals surface area contributed by atoms with E-state index in [2.05, 4.69) is 27.1 Å². The monoisotopic (exact) mass is 461 g/mol. The van der Waals surface area contributed by atoms with E-state index in [-0.39, 0.29) is 17.8 Å². The molecular formula is C25H24FN5OS. The van der Waals surface area contributed by atoms with Crippen molar-refractivity contribution in [1.82, 2.24) is 9.97 Å². The number of pyridine rings is 2. The molecule has 3 N–H and O–H groups in total. The highest BCUT2D eigenvalue weighted by Crippen LogP contribution is 2.34. The molecule has 0 bridgehead atoms. The fourth-order valence-corrected chi connectivity index (χ4v) is 5.41. The number of fused-ring (bicyclic) bond motifs is 1. The van der Waals surface area contributed by atoms with Crippen molar-refractivity contribution in [1.29, 1.82) is 0 Å². The number of amides is 1. The van der Waals surface area contributed by atoms with E-state index in [1.807, 2.05) is 18.2 Å². The Kier molecular flexibility index (Phi) is 5.78. The van der Waals surface area contributed by atoms with Crippen LogP contribution in [0.25, 0.3) is 20.7 Å². The number of anilines is 2. The van der Waals surface area contributed by atoms with Crippen molar-refractivity contribution in [2.45, 2.75) is 19.4 Å². The van der Waals surface area contributed by atoms with Crippen molar-refractivity contribution in [3.8, 4) is 10.4 Å². The van der Waals surface area contributed by atoms with Crippen molar-refractivity contribution >= 4 is 38.8 Å². The van der Waals surface area contributed by atoms with Gasteiger partial charge in [0.1, 0.15) is 11.5 Å². The lowest BCUT2D eigenvalue weighted by Crippen LogP contribution is -2.46. The molecule has 3 aromatic heterocycles. The van der Waals surface area contributed by atoms with Crippen LogP contribution in [0.4, 0.5) is 15.8 Å². The van der Waals surface area contributed by atoms with Gasteiger partial charge in [-0.1, -0.05) is 25.1 Å². The predicted molar refractivity (Wildman–Crippen MR) is 131 cm³/mol. The molecule has 8 heteroatoms.